The largest absolute Gasteiger partial charge is 0.454 e. The van der Waals surface area contributed by atoms with Crippen molar-refractivity contribution in [2.24, 2.45) is 0 Å². The van der Waals surface area contributed by atoms with E-state index in [4.69, 9.17) is 9.47 Å². The Morgan fingerprint density at radius 2 is 1.92 bits per heavy atom. The number of halogens is 1. The number of carbonyl (C=O) groups excluding carboxylic acids is 1. The Kier molecular flexibility index (Phi) is 4.66. The number of nitrogens with zero attached hydrogens (tertiary/aromatic N) is 1. The zero-order valence-electron chi connectivity index (χ0n) is 13.6. The van der Waals surface area contributed by atoms with Crippen LogP contribution in [0.25, 0.3) is 0 Å². The normalized spacial score (nSPS) is 13.8. The fourth-order valence-electron chi connectivity index (χ4n) is 2.44. The molecule has 2 aromatic carbocycles. The van der Waals surface area contributed by atoms with Crippen LogP contribution in [0, 0.1) is 5.82 Å². The van der Waals surface area contributed by atoms with Crippen molar-refractivity contribution in [2.75, 3.05) is 19.2 Å². The molecule has 1 atom stereocenters. The van der Waals surface area contributed by atoms with Crippen molar-refractivity contribution in [3.05, 3.63) is 53.8 Å². The Bertz CT molecular complexity index is 734. The zero-order valence-corrected chi connectivity index (χ0v) is 13.6. The number of ether oxygens (including phenoxy) is 2. The number of anilines is 1. The number of rotatable bonds is 5. The van der Waals surface area contributed by atoms with Gasteiger partial charge in [-0.2, -0.15) is 0 Å². The summed E-state index contributed by atoms with van der Waals surface area (Å²) in [5.74, 6) is 0.906. The Morgan fingerprint density at radius 3 is 2.67 bits per heavy atom. The van der Waals surface area contributed by atoms with E-state index in [1.807, 2.05) is 18.9 Å². The number of fused-ring (bicyclic) bond motifs is 1. The van der Waals surface area contributed by atoms with Gasteiger partial charge in [-0.05, 0) is 43.8 Å². The molecule has 1 aliphatic rings. The molecule has 0 spiro atoms. The minimum absolute atomic E-state index is 0.126. The second-order valence-electron chi connectivity index (χ2n) is 5.77. The molecule has 1 amide bonds. The van der Waals surface area contributed by atoms with E-state index in [1.54, 1.807) is 30.3 Å². The lowest BCUT2D eigenvalue weighted by molar-refractivity contribution is -0.120. The topological polar surface area (TPSA) is 50.8 Å². The molecule has 0 bridgehead atoms. The van der Waals surface area contributed by atoms with E-state index >= 15 is 0 Å². The van der Waals surface area contributed by atoms with Gasteiger partial charge in [0.25, 0.3) is 0 Å². The molecule has 0 saturated heterocycles. The van der Waals surface area contributed by atoms with E-state index in [9.17, 15) is 9.18 Å². The quantitative estimate of drug-likeness (QED) is 0.916. The number of nitrogens with one attached hydrogen (secondary N) is 1. The van der Waals surface area contributed by atoms with Crippen molar-refractivity contribution in [1.29, 1.82) is 0 Å². The van der Waals surface area contributed by atoms with Crippen molar-refractivity contribution < 1.29 is 18.7 Å². The first-order valence-electron chi connectivity index (χ1n) is 7.68. The molecule has 5 nitrogen and oxygen atoms in total. The van der Waals surface area contributed by atoms with Crippen molar-refractivity contribution in [3.63, 3.8) is 0 Å². The first-order valence-corrected chi connectivity index (χ1v) is 7.68. The molecule has 126 valence electrons. The fraction of sp³-hybridized carbons (Fsp3) is 0.278. The van der Waals surface area contributed by atoms with Gasteiger partial charge in [0, 0.05) is 18.3 Å². The maximum atomic E-state index is 13.0. The van der Waals surface area contributed by atoms with Crippen LogP contribution < -0.4 is 14.8 Å². The van der Waals surface area contributed by atoms with Crippen molar-refractivity contribution in [1.82, 2.24) is 4.90 Å². The summed E-state index contributed by atoms with van der Waals surface area (Å²) in [6.45, 7) is 2.57. The molecular weight excluding hydrogens is 311 g/mol. The molecule has 0 saturated carbocycles. The number of hydrogen-bond donors (Lipinski definition) is 1. The molecule has 0 unspecified atom stereocenters. The summed E-state index contributed by atoms with van der Waals surface area (Å²) < 4.78 is 23.5. The van der Waals surface area contributed by atoms with Crippen molar-refractivity contribution >= 4 is 11.6 Å². The van der Waals surface area contributed by atoms with Crippen LogP contribution in [-0.2, 0) is 11.3 Å². The van der Waals surface area contributed by atoms with Gasteiger partial charge in [0.05, 0.1) is 6.04 Å². The summed E-state index contributed by atoms with van der Waals surface area (Å²) >= 11 is 0. The lowest BCUT2D eigenvalue weighted by Gasteiger charge is -2.24. The highest BCUT2D eigenvalue weighted by Gasteiger charge is 2.20. The Labute approximate surface area is 140 Å². The summed E-state index contributed by atoms with van der Waals surface area (Å²) in [6.07, 6.45) is 0. The lowest BCUT2D eigenvalue weighted by atomic mass is 10.2. The van der Waals surface area contributed by atoms with Gasteiger partial charge in [-0.3, -0.25) is 9.69 Å². The van der Waals surface area contributed by atoms with Gasteiger partial charge in [-0.1, -0.05) is 12.1 Å². The van der Waals surface area contributed by atoms with Gasteiger partial charge in [0.15, 0.2) is 11.5 Å². The van der Waals surface area contributed by atoms with Crippen LogP contribution in [0.15, 0.2) is 42.5 Å². The molecule has 24 heavy (non-hydrogen) atoms. The minimum atomic E-state index is -0.347. The molecule has 0 aliphatic carbocycles. The van der Waals surface area contributed by atoms with Crippen LogP contribution in [-0.4, -0.2) is 30.7 Å². The van der Waals surface area contributed by atoms with Gasteiger partial charge in [-0.15, -0.1) is 0 Å². The average molecular weight is 330 g/mol. The average Bonchev–Trinajstić information content (AvgIpc) is 3.03. The molecule has 1 heterocycles. The first-order chi connectivity index (χ1) is 11.5. The first kappa shape index (κ1) is 16.3. The summed E-state index contributed by atoms with van der Waals surface area (Å²) in [6, 6.07) is 11.2. The molecular formula is C18H19FN2O3. The van der Waals surface area contributed by atoms with E-state index in [1.165, 1.54) is 12.1 Å². The highest BCUT2D eigenvalue weighted by atomic mass is 19.1. The van der Waals surface area contributed by atoms with Gasteiger partial charge >= 0.3 is 0 Å². The molecule has 0 fully saturated rings. The summed E-state index contributed by atoms with van der Waals surface area (Å²) in [4.78, 5) is 14.3. The number of hydrogen-bond acceptors (Lipinski definition) is 4. The summed E-state index contributed by atoms with van der Waals surface area (Å²) in [7, 11) is 1.85. The predicted molar refractivity (Wildman–Crippen MR) is 88.5 cm³/mol. The Hall–Kier alpha value is -2.60. The zero-order chi connectivity index (χ0) is 17.1. The SMILES string of the molecule is C[C@H](C(=O)Nc1ccc2c(c1)OCO2)N(C)Cc1ccc(F)cc1. The molecule has 3 rings (SSSR count). The van der Waals surface area contributed by atoms with Crippen LogP contribution in [0.3, 0.4) is 0 Å². The summed E-state index contributed by atoms with van der Waals surface area (Å²) in [5, 5.41) is 2.87. The van der Waals surface area contributed by atoms with E-state index in [0.717, 1.165) is 5.56 Å². The molecule has 2 aromatic rings. The van der Waals surface area contributed by atoms with Crippen LogP contribution in [0.4, 0.5) is 10.1 Å². The Balaban J connectivity index is 1.60. The third-order valence-electron chi connectivity index (χ3n) is 4.03. The van der Waals surface area contributed by atoms with Crippen LogP contribution >= 0.6 is 0 Å². The summed E-state index contributed by atoms with van der Waals surface area (Å²) in [5.41, 5.74) is 1.60. The van der Waals surface area contributed by atoms with Gasteiger partial charge in [-0.25, -0.2) is 4.39 Å². The standard InChI is InChI=1S/C18H19FN2O3/c1-12(21(2)10-13-3-5-14(19)6-4-13)18(22)20-15-7-8-16-17(9-15)24-11-23-16/h3-9,12H,10-11H2,1-2H3,(H,20,22)/t12-/m1/s1. The van der Waals surface area contributed by atoms with Gasteiger partial charge in [0.2, 0.25) is 12.7 Å². The predicted octanol–water partition coefficient (Wildman–Crippen LogP) is 3.01. The molecule has 0 radical (unpaired) electrons. The second-order valence-corrected chi connectivity index (χ2v) is 5.77. The van der Waals surface area contributed by atoms with E-state index in [-0.39, 0.29) is 24.6 Å². The van der Waals surface area contributed by atoms with Gasteiger partial charge in [0.1, 0.15) is 5.82 Å². The monoisotopic (exact) mass is 330 g/mol. The fourth-order valence-corrected chi connectivity index (χ4v) is 2.44. The van der Waals surface area contributed by atoms with E-state index < -0.39 is 0 Å². The van der Waals surface area contributed by atoms with E-state index in [2.05, 4.69) is 5.32 Å². The number of likely N-dealkylation sites (N-methyl/N-ethyl adjacent to an activating group) is 1. The van der Waals surface area contributed by atoms with Crippen LogP contribution in [0.1, 0.15) is 12.5 Å². The van der Waals surface area contributed by atoms with Crippen LogP contribution in [0.2, 0.25) is 0 Å². The third kappa shape index (κ3) is 3.65. The van der Waals surface area contributed by atoms with E-state index in [0.29, 0.717) is 23.7 Å². The molecule has 1 aliphatic heterocycles. The molecule has 0 aromatic heterocycles. The smallest absolute Gasteiger partial charge is 0.241 e. The minimum Gasteiger partial charge on any atom is -0.454 e. The number of carbonyl (C=O) groups is 1. The number of amides is 1. The third-order valence-corrected chi connectivity index (χ3v) is 4.03. The van der Waals surface area contributed by atoms with Crippen molar-refractivity contribution in [3.8, 4) is 11.5 Å². The Morgan fingerprint density at radius 1 is 1.21 bits per heavy atom. The maximum absolute atomic E-state index is 13.0. The van der Waals surface area contributed by atoms with Gasteiger partial charge < -0.3 is 14.8 Å². The number of benzene rings is 2. The molecule has 6 heteroatoms. The second kappa shape index (κ2) is 6.88. The lowest BCUT2D eigenvalue weighted by Crippen LogP contribution is -2.39. The molecule has 1 N–H and O–H groups in total. The van der Waals surface area contributed by atoms with Crippen LogP contribution in [0.5, 0.6) is 11.5 Å². The highest BCUT2D eigenvalue weighted by Crippen LogP contribution is 2.34. The maximum Gasteiger partial charge on any atom is 0.241 e. The van der Waals surface area contributed by atoms with Crippen molar-refractivity contribution in [2.45, 2.75) is 19.5 Å². The highest BCUT2D eigenvalue weighted by molar-refractivity contribution is 5.94.